The molecule has 0 aliphatic heterocycles. The zero-order valence-electron chi connectivity index (χ0n) is 16.5. The van der Waals surface area contributed by atoms with Crippen molar-refractivity contribution in [1.82, 2.24) is 9.69 Å². The highest BCUT2D eigenvalue weighted by molar-refractivity contribution is 7.11. The van der Waals surface area contributed by atoms with E-state index in [-0.39, 0.29) is 29.6 Å². The summed E-state index contributed by atoms with van der Waals surface area (Å²) in [4.78, 5) is 35.5. The highest BCUT2D eigenvalue weighted by Gasteiger charge is 2.29. The fourth-order valence-corrected chi connectivity index (χ4v) is 4.48. The molecule has 0 atom stereocenters. The Balaban J connectivity index is 1.33. The maximum atomic E-state index is 12.1. The Hall–Kier alpha value is -3.72. The first-order valence-electron chi connectivity index (χ1n) is 9.54. The largest absolute Gasteiger partial charge is 0.478 e. The van der Waals surface area contributed by atoms with Gasteiger partial charge in [0.1, 0.15) is 23.7 Å². The standard InChI is InChI=1S/C22H19N3O5S/c1-12-19(21(27)28)20(31-25-12)24-18(26)10-23-22(29)30-11-17-15-8-4-2-6-13(15)14-7-3-5-9-16(14)17/h2-9,17H,10-11H2,1H3,(H,23,29)(H,24,26)(H,27,28). The summed E-state index contributed by atoms with van der Waals surface area (Å²) in [6, 6.07) is 16.0. The number of alkyl carbamates (subject to hydrolysis) is 1. The molecule has 3 N–H and O–H groups in total. The number of carbonyl (C=O) groups is 3. The van der Waals surface area contributed by atoms with Gasteiger partial charge in [-0.15, -0.1) is 0 Å². The maximum absolute atomic E-state index is 12.1. The Bertz CT molecular complexity index is 1130. The summed E-state index contributed by atoms with van der Waals surface area (Å²) >= 11 is 0.874. The van der Waals surface area contributed by atoms with Crippen LogP contribution in [0.4, 0.5) is 9.80 Å². The van der Waals surface area contributed by atoms with Gasteiger partial charge in [0.15, 0.2) is 0 Å². The van der Waals surface area contributed by atoms with E-state index in [9.17, 15) is 19.5 Å². The van der Waals surface area contributed by atoms with Crippen LogP contribution in [-0.2, 0) is 9.53 Å². The van der Waals surface area contributed by atoms with Crippen molar-refractivity contribution in [2.75, 3.05) is 18.5 Å². The summed E-state index contributed by atoms with van der Waals surface area (Å²) in [5, 5.41) is 14.2. The minimum absolute atomic E-state index is 0.0560. The Morgan fingerprint density at radius 3 is 2.29 bits per heavy atom. The second kappa shape index (κ2) is 8.57. The van der Waals surface area contributed by atoms with Crippen molar-refractivity contribution in [1.29, 1.82) is 0 Å². The van der Waals surface area contributed by atoms with Gasteiger partial charge >= 0.3 is 12.1 Å². The number of hydrogen-bond donors (Lipinski definition) is 3. The van der Waals surface area contributed by atoms with Crippen LogP contribution in [0.15, 0.2) is 48.5 Å². The van der Waals surface area contributed by atoms with Gasteiger partial charge in [-0.2, -0.15) is 4.37 Å². The van der Waals surface area contributed by atoms with Crippen molar-refractivity contribution >= 4 is 34.5 Å². The second-order valence-electron chi connectivity index (χ2n) is 7.00. The van der Waals surface area contributed by atoms with Crippen molar-refractivity contribution in [3.8, 4) is 11.1 Å². The Labute approximate surface area is 182 Å². The quantitative estimate of drug-likeness (QED) is 0.542. The number of ether oxygens (including phenoxy) is 1. The molecular formula is C22H19N3O5S. The number of carboxylic acids is 1. The predicted molar refractivity (Wildman–Crippen MR) is 116 cm³/mol. The number of anilines is 1. The Morgan fingerprint density at radius 2 is 1.68 bits per heavy atom. The van der Waals surface area contributed by atoms with Crippen molar-refractivity contribution in [3.63, 3.8) is 0 Å². The molecule has 0 saturated carbocycles. The van der Waals surface area contributed by atoms with E-state index in [1.807, 2.05) is 48.5 Å². The topological polar surface area (TPSA) is 118 Å². The van der Waals surface area contributed by atoms with Gasteiger partial charge in [0, 0.05) is 5.92 Å². The molecule has 2 amide bonds. The van der Waals surface area contributed by atoms with Gasteiger partial charge in [-0.3, -0.25) is 4.79 Å². The second-order valence-corrected chi connectivity index (χ2v) is 7.78. The first-order valence-corrected chi connectivity index (χ1v) is 10.3. The molecule has 9 heteroatoms. The Kier molecular flexibility index (Phi) is 5.68. The lowest BCUT2D eigenvalue weighted by Gasteiger charge is -2.14. The molecular weight excluding hydrogens is 418 g/mol. The summed E-state index contributed by atoms with van der Waals surface area (Å²) in [7, 11) is 0. The molecule has 0 fully saturated rings. The summed E-state index contributed by atoms with van der Waals surface area (Å²) in [6.07, 6.45) is -0.726. The van der Waals surface area contributed by atoms with E-state index in [0.29, 0.717) is 5.69 Å². The van der Waals surface area contributed by atoms with Crippen LogP contribution in [0.3, 0.4) is 0 Å². The van der Waals surface area contributed by atoms with Crippen LogP contribution in [0.1, 0.15) is 33.1 Å². The molecule has 8 nitrogen and oxygen atoms in total. The van der Waals surface area contributed by atoms with Crippen LogP contribution in [0, 0.1) is 6.92 Å². The van der Waals surface area contributed by atoms with Gasteiger partial charge in [0.05, 0.1) is 5.69 Å². The molecule has 0 radical (unpaired) electrons. The summed E-state index contributed by atoms with van der Waals surface area (Å²) in [5.41, 5.74) is 4.70. The molecule has 3 aromatic rings. The normalized spacial score (nSPS) is 12.0. The van der Waals surface area contributed by atoms with Crippen LogP contribution in [-0.4, -0.2) is 40.6 Å². The molecule has 1 heterocycles. The number of nitrogens with zero attached hydrogens (tertiary/aromatic N) is 1. The van der Waals surface area contributed by atoms with Crippen LogP contribution in [0.5, 0.6) is 0 Å². The number of hydrogen-bond acceptors (Lipinski definition) is 6. The van der Waals surface area contributed by atoms with Gasteiger partial charge in [-0.1, -0.05) is 48.5 Å². The Morgan fingerprint density at radius 1 is 1.06 bits per heavy atom. The first kappa shape index (κ1) is 20.5. The van der Waals surface area contributed by atoms with Crippen LogP contribution in [0.25, 0.3) is 11.1 Å². The lowest BCUT2D eigenvalue weighted by molar-refractivity contribution is -0.115. The molecule has 1 aliphatic rings. The average Bonchev–Trinajstić information content (AvgIpc) is 3.28. The van der Waals surface area contributed by atoms with E-state index < -0.39 is 18.0 Å². The van der Waals surface area contributed by atoms with Crippen molar-refractivity contribution in [2.45, 2.75) is 12.8 Å². The third-order valence-corrected chi connectivity index (χ3v) is 5.92. The molecule has 0 bridgehead atoms. The number of benzene rings is 2. The number of aryl methyl sites for hydroxylation is 1. The number of nitrogens with one attached hydrogen (secondary N) is 2. The zero-order valence-corrected chi connectivity index (χ0v) is 17.4. The SMILES string of the molecule is Cc1nsc(NC(=O)CNC(=O)OCC2c3ccccc3-c3ccccc32)c1C(=O)O. The fraction of sp³-hybridized carbons (Fsp3) is 0.182. The summed E-state index contributed by atoms with van der Waals surface area (Å²) in [5.74, 6) is -1.82. The molecule has 0 unspecified atom stereocenters. The number of aromatic carboxylic acids is 1. The van der Waals surface area contributed by atoms with Gasteiger partial charge in [0.25, 0.3) is 0 Å². The van der Waals surface area contributed by atoms with E-state index in [2.05, 4.69) is 15.0 Å². The molecule has 158 valence electrons. The number of aromatic nitrogens is 1. The number of carboxylic acid groups (broad SMARTS) is 1. The van der Waals surface area contributed by atoms with E-state index in [4.69, 9.17) is 4.74 Å². The lowest BCUT2D eigenvalue weighted by atomic mass is 9.98. The number of amides is 2. The highest BCUT2D eigenvalue weighted by Crippen LogP contribution is 2.44. The van der Waals surface area contributed by atoms with Crippen LogP contribution < -0.4 is 10.6 Å². The zero-order chi connectivity index (χ0) is 22.0. The smallest absolute Gasteiger partial charge is 0.407 e. The number of carbonyl (C=O) groups excluding carboxylic acids is 2. The summed E-state index contributed by atoms with van der Waals surface area (Å²) < 4.78 is 9.30. The number of fused-ring (bicyclic) bond motifs is 3. The third kappa shape index (κ3) is 4.13. The monoisotopic (exact) mass is 437 g/mol. The maximum Gasteiger partial charge on any atom is 0.407 e. The molecule has 0 spiro atoms. The van der Waals surface area contributed by atoms with Gasteiger partial charge in [0.2, 0.25) is 5.91 Å². The van der Waals surface area contributed by atoms with Gasteiger partial charge in [-0.05, 0) is 40.7 Å². The minimum Gasteiger partial charge on any atom is -0.478 e. The van der Waals surface area contributed by atoms with Crippen molar-refractivity contribution < 1.29 is 24.2 Å². The molecule has 1 aliphatic carbocycles. The average molecular weight is 437 g/mol. The molecule has 4 rings (SSSR count). The van der Waals surface area contributed by atoms with Gasteiger partial charge in [-0.25, -0.2) is 9.59 Å². The van der Waals surface area contributed by atoms with E-state index in [1.165, 1.54) is 0 Å². The van der Waals surface area contributed by atoms with E-state index >= 15 is 0 Å². The third-order valence-electron chi connectivity index (χ3n) is 5.07. The van der Waals surface area contributed by atoms with E-state index in [0.717, 1.165) is 33.8 Å². The lowest BCUT2D eigenvalue weighted by Crippen LogP contribution is -2.34. The summed E-state index contributed by atoms with van der Waals surface area (Å²) in [6.45, 7) is 1.33. The molecule has 0 saturated heterocycles. The van der Waals surface area contributed by atoms with Gasteiger partial charge < -0.3 is 20.5 Å². The van der Waals surface area contributed by atoms with Crippen LogP contribution in [0.2, 0.25) is 0 Å². The highest BCUT2D eigenvalue weighted by atomic mass is 32.1. The van der Waals surface area contributed by atoms with Crippen molar-refractivity contribution in [3.05, 3.63) is 70.9 Å². The van der Waals surface area contributed by atoms with Crippen molar-refractivity contribution in [2.24, 2.45) is 0 Å². The number of rotatable bonds is 6. The minimum atomic E-state index is -1.17. The molecule has 1 aromatic heterocycles. The first-order chi connectivity index (χ1) is 15.0. The molecule has 31 heavy (non-hydrogen) atoms. The van der Waals surface area contributed by atoms with Crippen LogP contribution >= 0.6 is 11.5 Å². The fourth-order valence-electron chi connectivity index (χ4n) is 3.68. The predicted octanol–water partition coefficient (Wildman–Crippen LogP) is 3.63. The molecule has 2 aromatic carbocycles. The van der Waals surface area contributed by atoms with E-state index in [1.54, 1.807) is 6.92 Å².